The molecule has 0 saturated carbocycles. The number of rotatable bonds is 8. The number of hydrogen-bond donors (Lipinski definition) is 4. The molecule has 4 aromatic carbocycles. The Morgan fingerprint density at radius 3 is 0.656 bits per heavy atom. The average Bonchev–Trinajstić information content (AvgIpc) is 1.98. The Morgan fingerprint density at radius 1 is 0.344 bits per heavy atom. The monoisotopic (exact) mass is 1420 g/mol. The van der Waals surface area contributed by atoms with Crippen molar-refractivity contribution in [2.75, 3.05) is 54.6 Å². The zero-order valence-corrected chi connectivity index (χ0v) is 56.6. The van der Waals surface area contributed by atoms with Crippen molar-refractivity contribution < 1.29 is 117 Å². The molecule has 0 bridgehead atoms. The summed E-state index contributed by atoms with van der Waals surface area (Å²) in [6.07, 6.45) is 0. The molecular weight excluding hydrogens is 1340 g/mol. The number of ether oxygens (including phenoxy) is 4. The number of amidine groups is 4. The molecule has 0 unspecified atom stereocenters. The fourth-order valence-electron chi connectivity index (χ4n) is 8.86. The van der Waals surface area contributed by atoms with Crippen LogP contribution in [0.5, 0.6) is 0 Å². The van der Waals surface area contributed by atoms with Crippen LogP contribution in [0.3, 0.4) is 0 Å². The number of benzene rings is 4. The van der Waals surface area contributed by atoms with E-state index in [9.17, 15) is 58.8 Å². The van der Waals surface area contributed by atoms with Gasteiger partial charge in [0.25, 0.3) is 47.7 Å². The third-order valence-corrected chi connectivity index (χ3v) is 14.2. The van der Waals surface area contributed by atoms with Gasteiger partial charge in [0, 0.05) is 61.2 Å². The minimum absolute atomic E-state index is 0. The van der Waals surface area contributed by atoms with Gasteiger partial charge in [-0.15, -0.1) is 0 Å². The zero-order chi connectivity index (χ0) is 66.0. The summed E-state index contributed by atoms with van der Waals surface area (Å²) in [5.41, 5.74) is 5.46. The van der Waals surface area contributed by atoms with Crippen LogP contribution >= 0.6 is 0 Å². The van der Waals surface area contributed by atoms with Gasteiger partial charge in [0.1, 0.15) is 0 Å². The Kier molecular flexibility index (Phi) is 26.6. The number of aliphatic hydroxyl groups is 4. The number of nitrogens with zero attached hydrogens (tertiary/aromatic N) is 8. The van der Waals surface area contributed by atoms with Crippen molar-refractivity contribution in [3.05, 3.63) is 142 Å². The molecule has 90 heavy (non-hydrogen) atoms. The molecule has 0 aliphatic carbocycles. The number of amides is 4. The largest absolute Gasteiger partial charge is 0.480 e. The van der Waals surface area contributed by atoms with Crippen LogP contribution in [0.4, 0.5) is 0 Å². The van der Waals surface area contributed by atoms with Crippen LogP contribution < -0.4 is 0 Å². The predicted molar refractivity (Wildman–Crippen MR) is 328 cm³/mol. The molecule has 4 aliphatic rings. The maximum Gasteiger partial charge on any atom is 0.332 e. The molecule has 0 saturated heterocycles. The second-order valence-corrected chi connectivity index (χ2v) is 24.9. The third-order valence-electron chi connectivity index (χ3n) is 14.2. The molecule has 4 aliphatic heterocycles. The van der Waals surface area contributed by atoms with Gasteiger partial charge in [-0.25, -0.2) is 39.1 Å². The Labute approximate surface area is 550 Å². The Balaban J connectivity index is 0.000000311. The minimum atomic E-state index is -0.875. The fourth-order valence-corrected chi connectivity index (χ4v) is 8.86. The summed E-state index contributed by atoms with van der Waals surface area (Å²) in [6, 6.07) is 23.6. The van der Waals surface area contributed by atoms with Gasteiger partial charge in [-0.2, -0.15) is 0 Å². The molecule has 0 aromatic heterocycles. The SMILES string of the molecule is COC(=O)[C@@H]1CN(C(=O)c2cccc(C(C)(C)C)c2)C(O)=N1.COC(=O)[C@@H]1CN(C(=O)c2cccc(C(C)(C)C)c2)C(O)=N1.COC(=O)[C@@H]1CN(C(=O)c2cccc(C(C)(C)C)c2)C(O)=N1.COC(=O)[C@@H]1CN(C(=O)c2cccc(C(C)(C)C)c2)C(O)=N1.[Rh].[Rh]. The van der Waals surface area contributed by atoms with Crippen LogP contribution in [0, 0.1) is 0 Å². The van der Waals surface area contributed by atoms with Crippen molar-refractivity contribution in [2.45, 2.75) is 129 Å². The Morgan fingerprint density at radius 2 is 0.511 bits per heavy atom. The molecular formula is C64H80N8O16Rh2. The number of esters is 4. The standard InChI is InChI=1S/4C16H20N2O4.2Rh/c4*1-16(2,3)11-7-5-6-10(8-11)13(19)18-9-12(14(20)22-4)17-15(18)21;;/h4*5-8,12H,9H2,1-4H3,(H,17,21);;/t4*12-;;/m0000../s1. The average molecular weight is 1420 g/mol. The molecule has 490 valence electrons. The van der Waals surface area contributed by atoms with Gasteiger partial charge in [0.2, 0.25) is 0 Å². The number of carbonyl (C=O) groups excluding carboxylic acids is 8. The quantitative estimate of drug-likeness (QED) is 0.0750. The van der Waals surface area contributed by atoms with Crippen LogP contribution in [-0.4, -0.2) is 190 Å². The number of aliphatic hydroxyl groups excluding tert-OH is 4. The van der Waals surface area contributed by atoms with E-state index < -0.39 is 95.8 Å². The van der Waals surface area contributed by atoms with E-state index in [0.717, 1.165) is 41.9 Å². The summed E-state index contributed by atoms with van der Waals surface area (Å²) in [4.78, 5) is 115. The van der Waals surface area contributed by atoms with Gasteiger partial charge >= 0.3 is 23.9 Å². The van der Waals surface area contributed by atoms with Crippen molar-refractivity contribution in [2.24, 2.45) is 20.0 Å². The second kappa shape index (κ2) is 31.5. The van der Waals surface area contributed by atoms with E-state index in [4.69, 9.17) is 0 Å². The first-order valence-electron chi connectivity index (χ1n) is 28.0. The topological polar surface area (TPSA) is 317 Å². The van der Waals surface area contributed by atoms with Crippen LogP contribution in [-0.2, 0) is 98.7 Å². The molecule has 8 rings (SSSR count). The van der Waals surface area contributed by atoms with Crippen LogP contribution in [0.1, 0.15) is 147 Å². The minimum Gasteiger partial charge on any atom is -0.480 e. The number of methoxy groups -OCH3 is 4. The van der Waals surface area contributed by atoms with E-state index in [1.807, 2.05) is 24.3 Å². The van der Waals surface area contributed by atoms with E-state index in [1.165, 1.54) is 28.4 Å². The third kappa shape index (κ3) is 19.4. The van der Waals surface area contributed by atoms with E-state index >= 15 is 0 Å². The van der Waals surface area contributed by atoms with Crippen molar-refractivity contribution in [3.63, 3.8) is 0 Å². The molecule has 4 atom stereocenters. The van der Waals surface area contributed by atoms with Gasteiger partial charge in [-0.3, -0.25) is 38.8 Å². The Bertz CT molecular complexity index is 2980. The van der Waals surface area contributed by atoms with Gasteiger partial charge < -0.3 is 39.4 Å². The fraction of sp³-hybridized carbons (Fsp3) is 0.438. The van der Waals surface area contributed by atoms with E-state index in [2.05, 4.69) is 122 Å². The molecule has 4 amide bonds. The molecule has 4 heterocycles. The molecule has 4 N–H and O–H groups in total. The molecule has 0 fully saturated rings. The van der Waals surface area contributed by atoms with Gasteiger partial charge in [-0.05, 0) is 92.4 Å². The summed E-state index contributed by atoms with van der Waals surface area (Å²) >= 11 is 0. The van der Waals surface area contributed by atoms with Gasteiger partial charge in [0.15, 0.2) is 24.2 Å². The van der Waals surface area contributed by atoms with E-state index in [0.29, 0.717) is 22.3 Å². The van der Waals surface area contributed by atoms with Crippen LogP contribution in [0.25, 0.3) is 0 Å². The summed E-state index contributed by atoms with van der Waals surface area (Å²) in [7, 11) is 4.97. The van der Waals surface area contributed by atoms with Crippen LogP contribution in [0.15, 0.2) is 117 Å². The first-order valence-corrected chi connectivity index (χ1v) is 28.0. The first kappa shape index (κ1) is 76.0. The summed E-state index contributed by atoms with van der Waals surface area (Å²) < 4.78 is 18.3. The first-order chi connectivity index (χ1) is 40.9. The molecule has 2 radical (unpaired) electrons. The summed E-state index contributed by atoms with van der Waals surface area (Å²) in [6.45, 7) is 24.6. The smallest absolute Gasteiger partial charge is 0.332 e. The van der Waals surface area contributed by atoms with Crippen LogP contribution in [0.2, 0.25) is 0 Å². The second-order valence-electron chi connectivity index (χ2n) is 24.9. The van der Waals surface area contributed by atoms with Crippen molar-refractivity contribution in [3.8, 4) is 0 Å². The predicted octanol–water partition coefficient (Wildman–Crippen LogP) is 7.58. The molecule has 0 spiro atoms. The van der Waals surface area contributed by atoms with E-state index in [-0.39, 0.29) is 86.8 Å². The van der Waals surface area contributed by atoms with Gasteiger partial charge in [-0.1, -0.05) is 132 Å². The molecule has 24 nitrogen and oxygen atoms in total. The normalized spacial score (nSPS) is 17.7. The zero-order valence-electron chi connectivity index (χ0n) is 53.3. The van der Waals surface area contributed by atoms with Crippen molar-refractivity contribution in [1.82, 2.24) is 19.6 Å². The number of aliphatic imine (C=N–C) groups is 4. The Hall–Kier alpha value is -8.23. The van der Waals surface area contributed by atoms with Crippen molar-refractivity contribution in [1.29, 1.82) is 0 Å². The maximum atomic E-state index is 12.5. The maximum absolute atomic E-state index is 12.5. The molecule has 26 heteroatoms. The van der Waals surface area contributed by atoms with Crippen molar-refractivity contribution >= 4 is 71.6 Å². The number of carbonyl (C=O) groups is 8. The molecule has 4 aromatic rings. The van der Waals surface area contributed by atoms with Gasteiger partial charge in [0.05, 0.1) is 54.6 Å². The number of hydrogen-bond acceptors (Lipinski definition) is 16. The summed E-state index contributed by atoms with van der Waals surface area (Å²) in [5, 5.41) is 39.2. The van der Waals surface area contributed by atoms with E-state index in [1.54, 1.807) is 72.8 Å². The summed E-state index contributed by atoms with van der Waals surface area (Å²) in [5.74, 6) is -3.87.